The Morgan fingerprint density at radius 2 is 1.67 bits per heavy atom. The van der Waals surface area contributed by atoms with Crippen molar-refractivity contribution in [3.63, 3.8) is 0 Å². The summed E-state index contributed by atoms with van der Waals surface area (Å²) in [4.78, 5) is 23.1. The number of fused-ring (bicyclic) bond motifs is 1. The number of halogens is 3. The summed E-state index contributed by atoms with van der Waals surface area (Å²) in [7, 11) is 1.59. The fraction of sp³-hybridized carbons (Fsp3) is 0.156. The number of carboxylic acids is 1. The van der Waals surface area contributed by atoms with Crippen molar-refractivity contribution >= 4 is 22.6 Å². The Kier molecular flexibility index (Phi) is 7.97. The molecule has 1 amide bonds. The van der Waals surface area contributed by atoms with E-state index >= 15 is 0 Å². The topological polar surface area (TPSA) is 93.5 Å². The van der Waals surface area contributed by atoms with Gasteiger partial charge in [0.05, 0.1) is 31.0 Å². The summed E-state index contributed by atoms with van der Waals surface area (Å²) >= 11 is 0. The predicted molar refractivity (Wildman–Crippen MR) is 152 cm³/mol. The van der Waals surface area contributed by atoms with Crippen LogP contribution in [-0.4, -0.2) is 40.4 Å². The number of aliphatic carboxylic acids is 1. The molecule has 0 aliphatic carbocycles. The Bertz CT molecular complexity index is 1800. The largest absolute Gasteiger partial charge is 0.497 e. The third kappa shape index (κ3) is 5.83. The molecule has 0 aliphatic heterocycles. The van der Waals surface area contributed by atoms with E-state index in [-0.39, 0.29) is 24.2 Å². The van der Waals surface area contributed by atoms with Crippen molar-refractivity contribution in [1.29, 1.82) is 0 Å². The van der Waals surface area contributed by atoms with E-state index < -0.39 is 35.4 Å². The summed E-state index contributed by atoms with van der Waals surface area (Å²) in [6, 6.07) is 20.6. The molecule has 0 bridgehead atoms. The van der Waals surface area contributed by atoms with Crippen molar-refractivity contribution in [3.05, 3.63) is 107 Å². The second kappa shape index (κ2) is 11.8. The Labute approximate surface area is 239 Å². The number of amides is 1. The number of hydrogen-bond acceptors (Lipinski definition) is 4. The molecule has 42 heavy (non-hydrogen) atoms. The SMILES string of the molecule is COc1ccc2cc(-c3cc(-c4cc(F)cc(F)c4F)nn3[C@H](C)c3ccc(C(=O)NCCC(=O)O)cc3)ccc2c1. The van der Waals surface area contributed by atoms with Crippen molar-refractivity contribution in [2.45, 2.75) is 19.4 Å². The van der Waals surface area contributed by atoms with Crippen molar-refractivity contribution in [2.24, 2.45) is 0 Å². The molecule has 1 atom stereocenters. The maximum Gasteiger partial charge on any atom is 0.305 e. The van der Waals surface area contributed by atoms with Gasteiger partial charge in [-0.25, -0.2) is 13.2 Å². The van der Waals surface area contributed by atoms with Crippen molar-refractivity contribution < 1.29 is 32.6 Å². The number of nitrogens with one attached hydrogen (secondary N) is 1. The van der Waals surface area contributed by atoms with Gasteiger partial charge in [-0.1, -0.05) is 30.3 Å². The number of carboxylic acid groups (broad SMARTS) is 1. The first-order valence-electron chi connectivity index (χ1n) is 13.1. The van der Waals surface area contributed by atoms with Crippen LogP contribution in [0.2, 0.25) is 0 Å². The molecule has 7 nitrogen and oxygen atoms in total. The first kappa shape index (κ1) is 28.4. The second-order valence-electron chi connectivity index (χ2n) is 9.73. The lowest BCUT2D eigenvalue weighted by Crippen LogP contribution is -2.26. The van der Waals surface area contributed by atoms with Crippen LogP contribution in [0.15, 0.2) is 78.9 Å². The number of hydrogen-bond donors (Lipinski definition) is 2. The van der Waals surface area contributed by atoms with E-state index in [2.05, 4.69) is 10.4 Å². The summed E-state index contributed by atoms with van der Waals surface area (Å²) < 4.78 is 50.0. The van der Waals surface area contributed by atoms with Crippen LogP contribution >= 0.6 is 0 Å². The van der Waals surface area contributed by atoms with E-state index in [0.717, 1.165) is 28.0 Å². The Morgan fingerprint density at radius 1 is 0.952 bits per heavy atom. The maximum absolute atomic E-state index is 14.8. The summed E-state index contributed by atoms with van der Waals surface area (Å²) in [6.07, 6.45) is -0.191. The van der Waals surface area contributed by atoms with Crippen molar-refractivity contribution in [3.8, 4) is 28.3 Å². The fourth-order valence-electron chi connectivity index (χ4n) is 4.73. The number of rotatable bonds is 9. The molecule has 5 rings (SSSR count). The van der Waals surface area contributed by atoms with Crippen molar-refractivity contribution in [1.82, 2.24) is 15.1 Å². The number of benzene rings is 4. The number of ether oxygens (including phenoxy) is 1. The Hall–Kier alpha value is -5.12. The van der Waals surface area contributed by atoms with E-state index in [1.807, 2.05) is 43.3 Å². The van der Waals surface area contributed by atoms with Crippen LogP contribution in [-0.2, 0) is 4.79 Å². The molecule has 214 valence electrons. The fourth-order valence-corrected chi connectivity index (χ4v) is 4.73. The molecule has 4 aromatic carbocycles. The smallest absolute Gasteiger partial charge is 0.305 e. The third-order valence-electron chi connectivity index (χ3n) is 6.99. The minimum atomic E-state index is -1.31. The number of carbonyl (C=O) groups is 2. The van der Waals surface area contributed by atoms with E-state index in [0.29, 0.717) is 23.1 Å². The van der Waals surface area contributed by atoms with E-state index in [1.165, 1.54) is 0 Å². The van der Waals surface area contributed by atoms with Crippen LogP contribution in [0, 0.1) is 17.5 Å². The molecule has 0 fully saturated rings. The Balaban J connectivity index is 1.55. The van der Waals surface area contributed by atoms with Gasteiger partial charge in [-0.05, 0) is 65.7 Å². The molecule has 0 aliphatic rings. The summed E-state index contributed by atoms with van der Waals surface area (Å²) in [6.45, 7) is 1.86. The molecule has 0 radical (unpaired) electrons. The first-order valence-corrected chi connectivity index (χ1v) is 13.1. The van der Waals surface area contributed by atoms with E-state index in [4.69, 9.17) is 9.84 Å². The van der Waals surface area contributed by atoms with Gasteiger partial charge < -0.3 is 15.2 Å². The summed E-state index contributed by atoms with van der Waals surface area (Å²) in [5.74, 6) is -4.16. The zero-order valence-electron chi connectivity index (χ0n) is 22.7. The van der Waals surface area contributed by atoms with Gasteiger partial charge in [0.1, 0.15) is 11.6 Å². The highest BCUT2D eigenvalue weighted by atomic mass is 19.2. The van der Waals surface area contributed by atoms with Crippen LogP contribution in [0.5, 0.6) is 5.75 Å². The number of methoxy groups -OCH3 is 1. The standard InChI is InChI=1S/C32H26F3N3O4/c1-18(19-3-5-20(6-4-19)32(41)36-12-11-30(39)40)38-29(17-28(37-38)26-15-24(33)16-27(34)31(26)35)23-8-7-22-14-25(42-2)10-9-21(22)13-23/h3-10,13-18H,11-12H2,1-2H3,(H,36,41)(H,39,40)/t18-/m1/s1. The average molecular weight is 574 g/mol. The molecule has 0 spiro atoms. The molecule has 2 N–H and O–H groups in total. The van der Waals surface area contributed by atoms with Gasteiger partial charge in [0.15, 0.2) is 11.6 Å². The van der Waals surface area contributed by atoms with Gasteiger partial charge in [0.2, 0.25) is 0 Å². The highest BCUT2D eigenvalue weighted by Crippen LogP contribution is 2.34. The summed E-state index contributed by atoms with van der Waals surface area (Å²) in [5, 5.41) is 17.8. The molecule has 0 unspecified atom stereocenters. The molecular formula is C32H26F3N3O4. The van der Waals surface area contributed by atoms with Crippen LogP contribution < -0.4 is 10.1 Å². The second-order valence-corrected chi connectivity index (χ2v) is 9.73. The van der Waals surface area contributed by atoms with Crippen LogP contribution in [0.1, 0.15) is 35.3 Å². The molecule has 1 heterocycles. The van der Waals surface area contributed by atoms with Gasteiger partial charge in [-0.2, -0.15) is 5.10 Å². The van der Waals surface area contributed by atoms with Gasteiger partial charge in [-0.15, -0.1) is 0 Å². The lowest BCUT2D eigenvalue weighted by molar-refractivity contribution is -0.136. The predicted octanol–water partition coefficient (Wildman–Crippen LogP) is 6.61. The first-order chi connectivity index (χ1) is 20.1. The van der Waals surface area contributed by atoms with Gasteiger partial charge in [0.25, 0.3) is 5.91 Å². The maximum atomic E-state index is 14.8. The van der Waals surface area contributed by atoms with Crippen LogP contribution in [0.3, 0.4) is 0 Å². The Morgan fingerprint density at radius 3 is 2.38 bits per heavy atom. The average Bonchev–Trinajstić information content (AvgIpc) is 3.43. The molecule has 5 aromatic rings. The molecule has 1 aromatic heterocycles. The lowest BCUT2D eigenvalue weighted by atomic mass is 10.0. The van der Waals surface area contributed by atoms with E-state index in [9.17, 15) is 22.8 Å². The zero-order valence-corrected chi connectivity index (χ0v) is 22.7. The van der Waals surface area contributed by atoms with Crippen LogP contribution in [0.25, 0.3) is 33.3 Å². The normalized spacial score (nSPS) is 11.8. The number of nitrogens with zero attached hydrogens (tertiary/aromatic N) is 2. The third-order valence-corrected chi connectivity index (χ3v) is 6.99. The van der Waals surface area contributed by atoms with E-state index in [1.54, 1.807) is 42.1 Å². The highest BCUT2D eigenvalue weighted by molar-refractivity contribution is 5.94. The number of carbonyl (C=O) groups excluding carboxylic acids is 1. The number of aromatic nitrogens is 2. The highest BCUT2D eigenvalue weighted by Gasteiger charge is 2.22. The molecular weight excluding hydrogens is 547 g/mol. The van der Waals surface area contributed by atoms with Gasteiger partial charge in [-0.3, -0.25) is 14.3 Å². The lowest BCUT2D eigenvalue weighted by Gasteiger charge is -2.17. The molecule has 10 heteroatoms. The van der Waals surface area contributed by atoms with Gasteiger partial charge in [0, 0.05) is 29.3 Å². The minimum Gasteiger partial charge on any atom is -0.497 e. The zero-order chi connectivity index (χ0) is 30.0. The monoisotopic (exact) mass is 573 g/mol. The van der Waals surface area contributed by atoms with Crippen LogP contribution in [0.4, 0.5) is 13.2 Å². The summed E-state index contributed by atoms with van der Waals surface area (Å²) in [5.41, 5.74) is 2.17. The van der Waals surface area contributed by atoms with Gasteiger partial charge >= 0.3 is 5.97 Å². The quantitative estimate of drug-likeness (QED) is 0.194. The molecule has 0 saturated heterocycles. The molecule has 0 saturated carbocycles. The minimum absolute atomic E-state index is 0.00151. The van der Waals surface area contributed by atoms with Crippen molar-refractivity contribution in [2.75, 3.05) is 13.7 Å².